The zero-order valence-corrected chi connectivity index (χ0v) is 15.6. The molecule has 1 aliphatic heterocycles. The van der Waals surface area contributed by atoms with Crippen molar-refractivity contribution in [2.24, 2.45) is 5.92 Å². The zero-order valence-electron chi connectivity index (χ0n) is 14.8. The smallest absolute Gasteiger partial charge is 0.265 e. The van der Waals surface area contributed by atoms with E-state index in [4.69, 9.17) is 0 Å². The number of rotatable bonds is 6. The number of carbonyl (C=O) groups is 1. The minimum Gasteiger partial charge on any atom is -0.352 e. The maximum absolute atomic E-state index is 12.8. The highest BCUT2D eigenvalue weighted by Crippen LogP contribution is 2.41. The van der Waals surface area contributed by atoms with Crippen LogP contribution in [0.2, 0.25) is 0 Å². The molecule has 25 heavy (non-hydrogen) atoms. The topological polar surface area (TPSA) is 66.5 Å². The van der Waals surface area contributed by atoms with E-state index in [2.05, 4.69) is 19.2 Å². The summed E-state index contributed by atoms with van der Waals surface area (Å²) in [4.78, 5) is 12.7. The van der Waals surface area contributed by atoms with E-state index in [0.717, 1.165) is 18.2 Å². The number of nitrogens with zero attached hydrogens (tertiary/aromatic N) is 1. The lowest BCUT2D eigenvalue weighted by Crippen LogP contribution is -2.42. The summed E-state index contributed by atoms with van der Waals surface area (Å²) in [5, 5.41) is 4.48. The fourth-order valence-corrected chi connectivity index (χ4v) is 4.90. The summed E-state index contributed by atoms with van der Waals surface area (Å²) in [7, 11) is -3.68. The second kappa shape index (κ2) is 6.67. The lowest BCUT2D eigenvalue weighted by atomic mass is 10.0. The molecule has 2 aromatic carbocycles. The molecule has 6 heteroatoms. The lowest BCUT2D eigenvalue weighted by molar-refractivity contribution is -0.120. The first-order chi connectivity index (χ1) is 11.8. The molecule has 1 N–H and O–H groups in total. The SMILES string of the molecule is CC(C)CC[C@H](C)NC(=O)CN1c2cccc3cccc(c23)S1(=O)=O. The summed E-state index contributed by atoms with van der Waals surface area (Å²) >= 11 is 0. The summed E-state index contributed by atoms with van der Waals surface area (Å²) < 4.78 is 26.9. The van der Waals surface area contributed by atoms with E-state index < -0.39 is 10.0 Å². The van der Waals surface area contributed by atoms with Gasteiger partial charge in [0.05, 0.1) is 10.6 Å². The highest BCUT2D eigenvalue weighted by atomic mass is 32.2. The number of benzene rings is 2. The third-order valence-electron chi connectivity index (χ3n) is 4.55. The Hall–Kier alpha value is -2.08. The fourth-order valence-electron chi connectivity index (χ4n) is 3.23. The molecular formula is C19H24N2O3S. The Morgan fingerprint density at radius 3 is 2.44 bits per heavy atom. The molecule has 0 unspecified atom stereocenters. The van der Waals surface area contributed by atoms with Crippen LogP contribution in [0.15, 0.2) is 41.3 Å². The van der Waals surface area contributed by atoms with Crippen molar-refractivity contribution in [1.82, 2.24) is 5.32 Å². The van der Waals surface area contributed by atoms with Gasteiger partial charge in [-0.05, 0) is 43.2 Å². The number of hydrogen-bond donors (Lipinski definition) is 1. The van der Waals surface area contributed by atoms with Crippen LogP contribution >= 0.6 is 0 Å². The van der Waals surface area contributed by atoms with Gasteiger partial charge in [0.2, 0.25) is 5.91 Å². The van der Waals surface area contributed by atoms with E-state index in [1.165, 1.54) is 4.31 Å². The molecule has 0 bridgehead atoms. The highest BCUT2D eigenvalue weighted by Gasteiger charge is 2.36. The number of amides is 1. The van der Waals surface area contributed by atoms with E-state index in [1.807, 2.05) is 25.1 Å². The molecule has 0 saturated carbocycles. The fraction of sp³-hybridized carbons (Fsp3) is 0.421. The Kier molecular flexibility index (Phi) is 4.73. The molecule has 134 valence electrons. The summed E-state index contributed by atoms with van der Waals surface area (Å²) in [5.74, 6) is 0.301. The molecule has 0 radical (unpaired) electrons. The van der Waals surface area contributed by atoms with Crippen LogP contribution in [0.5, 0.6) is 0 Å². The predicted octanol–water partition coefficient (Wildman–Crippen LogP) is 3.29. The van der Waals surface area contributed by atoms with Crippen molar-refractivity contribution in [3.63, 3.8) is 0 Å². The Labute approximate surface area is 149 Å². The van der Waals surface area contributed by atoms with Gasteiger partial charge in [-0.15, -0.1) is 0 Å². The van der Waals surface area contributed by atoms with Gasteiger partial charge in [-0.1, -0.05) is 38.1 Å². The third kappa shape index (κ3) is 3.35. The molecule has 1 amide bonds. The first-order valence-electron chi connectivity index (χ1n) is 8.64. The second-order valence-electron chi connectivity index (χ2n) is 7.08. The number of nitrogens with one attached hydrogen (secondary N) is 1. The standard InChI is InChI=1S/C19H24N2O3S/c1-13(2)10-11-14(3)20-18(22)12-21-16-8-4-6-15-7-5-9-17(19(15)16)25(21,23)24/h4-9,13-14H,10-12H2,1-3H3,(H,20,22)/t14-/m0/s1. The first-order valence-corrected chi connectivity index (χ1v) is 10.1. The Balaban J connectivity index is 1.80. The minimum absolute atomic E-state index is 0.0263. The van der Waals surface area contributed by atoms with Crippen LogP contribution in [-0.4, -0.2) is 26.9 Å². The van der Waals surface area contributed by atoms with Crippen molar-refractivity contribution in [2.75, 3.05) is 10.8 Å². The molecule has 0 saturated heterocycles. The van der Waals surface area contributed by atoms with Crippen LogP contribution < -0.4 is 9.62 Å². The van der Waals surface area contributed by atoms with Gasteiger partial charge in [0.1, 0.15) is 6.54 Å². The van der Waals surface area contributed by atoms with Crippen molar-refractivity contribution < 1.29 is 13.2 Å². The second-order valence-corrected chi connectivity index (χ2v) is 8.91. The third-order valence-corrected chi connectivity index (χ3v) is 6.35. The number of hydrogen-bond acceptors (Lipinski definition) is 3. The van der Waals surface area contributed by atoms with E-state index in [1.54, 1.807) is 18.2 Å². The maximum atomic E-state index is 12.8. The van der Waals surface area contributed by atoms with Gasteiger partial charge >= 0.3 is 0 Å². The van der Waals surface area contributed by atoms with Crippen molar-refractivity contribution in [3.8, 4) is 0 Å². The number of anilines is 1. The largest absolute Gasteiger partial charge is 0.352 e. The lowest BCUT2D eigenvalue weighted by Gasteiger charge is -2.20. The zero-order chi connectivity index (χ0) is 18.2. The van der Waals surface area contributed by atoms with Crippen LogP contribution in [0.25, 0.3) is 10.8 Å². The molecule has 1 aliphatic rings. The van der Waals surface area contributed by atoms with Gasteiger partial charge in [0.15, 0.2) is 0 Å². The van der Waals surface area contributed by atoms with Crippen molar-refractivity contribution in [2.45, 2.75) is 44.6 Å². The van der Waals surface area contributed by atoms with Crippen LogP contribution in [0.1, 0.15) is 33.6 Å². The van der Waals surface area contributed by atoms with Crippen LogP contribution in [0.3, 0.4) is 0 Å². The Morgan fingerprint density at radius 2 is 1.76 bits per heavy atom. The van der Waals surface area contributed by atoms with Gasteiger partial charge in [0.25, 0.3) is 10.0 Å². The molecule has 2 aromatic rings. The van der Waals surface area contributed by atoms with Crippen LogP contribution in [-0.2, 0) is 14.8 Å². The number of sulfonamides is 1. The Bertz CT molecular complexity index is 901. The Morgan fingerprint density at radius 1 is 1.08 bits per heavy atom. The highest BCUT2D eigenvalue weighted by molar-refractivity contribution is 7.93. The molecule has 0 spiro atoms. The van der Waals surface area contributed by atoms with Crippen LogP contribution in [0.4, 0.5) is 5.69 Å². The first kappa shape index (κ1) is 17.7. The van der Waals surface area contributed by atoms with Gasteiger partial charge < -0.3 is 5.32 Å². The molecule has 5 nitrogen and oxygen atoms in total. The molecule has 1 heterocycles. The quantitative estimate of drug-likeness (QED) is 0.859. The molecule has 0 aliphatic carbocycles. The molecule has 0 fully saturated rings. The maximum Gasteiger partial charge on any atom is 0.265 e. The summed E-state index contributed by atoms with van der Waals surface area (Å²) in [6.07, 6.45) is 1.90. The summed E-state index contributed by atoms with van der Waals surface area (Å²) in [6.45, 7) is 6.04. The monoisotopic (exact) mass is 360 g/mol. The van der Waals surface area contributed by atoms with Gasteiger partial charge in [-0.2, -0.15) is 0 Å². The number of carbonyl (C=O) groups excluding carboxylic acids is 1. The summed E-state index contributed by atoms with van der Waals surface area (Å²) in [6, 6.07) is 10.7. The van der Waals surface area contributed by atoms with E-state index >= 15 is 0 Å². The molecule has 0 aromatic heterocycles. The van der Waals surface area contributed by atoms with Crippen molar-refractivity contribution in [1.29, 1.82) is 0 Å². The summed E-state index contributed by atoms with van der Waals surface area (Å²) in [5.41, 5.74) is 0.582. The van der Waals surface area contributed by atoms with E-state index in [0.29, 0.717) is 17.0 Å². The predicted molar refractivity (Wildman–Crippen MR) is 100 cm³/mol. The van der Waals surface area contributed by atoms with Crippen molar-refractivity contribution >= 4 is 32.4 Å². The normalized spacial score (nSPS) is 16.4. The van der Waals surface area contributed by atoms with Gasteiger partial charge in [-0.25, -0.2) is 8.42 Å². The average Bonchev–Trinajstić information content (AvgIpc) is 2.77. The molecule has 1 atom stereocenters. The minimum atomic E-state index is -3.68. The van der Waals surface area contributed by atoms with E-state index in [-0.39, 0.29) is 23.4 Å². The average molecular weight is 360 g/mol. The van der Waals surface area contributed by atoms with Crippen molar-refractivity contribution in [3.05, 3.63) is 36.4 Å². The van der Waals surface area contributed by atoms with Gasteiger partial charge in [0, 0.05) is 11.4 Å². The van der Waals surface area contributed by atoms with E-state index in [9.17, 15) is 13.2 Å². The molecule has 3 rings (SSSR count). The van der Waals surface area contributed by atoms with Gasteiger partial charge in [-0.3, -0.25) is 9.10 Å². The van der Waals surface area contributed by atoms with Crippen LogP contribution in [0, 0.1) is 5.92 Å². The molecular weight excluding hydrogens is 336 g/mol.